The van der Waals surface area contributed by atoms with Crippen LogP contribution in [0.5, 0.6) is 0 Å². The van der Waals surface area contributed by atoms with Gasteiger partial charge in [-0.2, -0.15) is 0 Å². The van der Waals surface area contributed by atoms with Crippen LogP contribution in [0, 0.1) is 5.92 Å². The number of nitrogens with two attached hydrogens (primary N) is 1. The highest BCUT2D eigenvalue weighted by Crippen LogP contribution is 2.30. The molecule has 2 N–H and O–H groups in total. The van der Waals surface area contributed by atoms with Gasteiger partial charge in [-0.05, 0) is 42.9 Å². The molecule has 16 heavy (non-hydrogen) atoms. The van der Waals surface area contributed by atoms with Gasteiger partial charge in [0.15, 0.2) is 0 Å². The van der Waals surface area contributed by atoms with Gasteiger partial charge in [-0.3, -0.25) is 0 Å². The van der Waals surface area contributed by atoms with Gasteiger partial charge in [-0.15, -0.1) is 0 Å². The predicted octanol–water partition coefficient (Wildman–Crippen LogP) is 3.55. The van der Waals surface area contributed by atoms with Crippen molar-refractivity contribution in [3.63, 3.8) is 0 Å². The Morgan fingerprint density at radius 2 is 2.19 bits per heavy atom. The van der Waals surface area contributed by atoms with E-state index in [9.17, 15) is 0 Å². The number of anilines is 1. The molecular weight excluding hydrogens is 264 g/mol. The maximum atomic E-state index is 5.70. The van der Waals surface area contributed by atoms with Crippen LogP contribution in [0.2, 0.25) is 0 Å². The lowest BCUT2D eigenvalue weighted by atomic mass is 9.93. The Hall–Kier alpha value is -0.570. The van der Waals surface area contributed by atoms with Crippen LogP contribution in [0.25, 0.3) is 0 Å². The number of halogens is 1. The first-order valence-corrected chi connectivity index (χ1v) is 7.00. The fourth-order valence-corrected chi connectivity index (χ4v) is 3.39. The smallest absolute Gasteiger partial charge is 0.123 e. The average Bonchev–Trinajstić information content (AvgIpc) is 2.43. The Morgan fingerprint density at radius 1 is 1.38 bits per heavy atom. The molecule has 0 bridgehead atoms. The first-order chi connectivity index (χ1) is 7.74. The molecule has 2 rings (SSSR count). The number of alkyl halides is 1. The third-order valence-corrected chi connectivity index (χ3v) is 4.17. The molecule has 1 aliphatic rings. The number of nitrogen functional groups attached to an aromatic ring is 1. The lowest BCUT2D eigenvalue weighted by molar-refractivity contribution is 0.463. The van der Waals surface area contributed by atoms with Crippen molar-refractivity contribution in [2.45, 2.75) is 43.4 Å². The van der Waals surface area contributed by atoms with Crippen molar-refractivity contribution < 1.29 is 0 Å². The van der Waals surface area contributed by atoms with E-state index in [1.807, 2.05) is 12.3 Å². The van der Waals surface area contributed by atoms with E-state index >= 15 is 0 Å². The van der Waals surface area contributed by atoms with Crippen molar-refractivity contribution in [3.05, 3.63) is 23.9 Å². The highest BCUT2D eigenvalue weighted by Gasteiger charge is 2.18. The van der Waals surface area contributed by atoms with E-state index in [1.54, 1.807) is 0 Å². The Kier molecular flexibility index (Phi) is 4.22. The molecule has 1 saturated carbocycles. The molecule has 1 aromatic rings. The highest BCUT2D eigenvalue weighted by molar-refractivity contribution is 9.09. The second-order valence-corrected chi connectivity index (χ2v) is 6.07. The molecule has 1 fully saturated rings. The van der Waals surface area contributed by atoms with Gasteiger partial charge in [0.25, 0.3) is 0 Å². The number of nitrogens with zero attached hydrogens (tertiary/aromatic N) is 1. The van der Waals surface area contributed by atoms with Gasteiger partial charge in [0.1, 0.15) is 5.82 Å². The fraction of sp³-hybridized carbons (Fsp3) is 0.615. The molecule has 2 atom stereocenters. The molecule has 1 aliphatic carbocycles. The van der Waals surface area contributed by atoms with E-state index < -0.39 is 0 Å². The maximum absolute atomic E-state index is 5.70. The van der Waals surface area contributed by atoms with Crippen LogP contribution >= 0.6 is 15.9 Å². The maximum Gasteiger partial charge on any atom is 0.123 e. The summed E-state index contributed by atoms with van der Waals surface area (Å²) < 4.78 is 0. The van der Waals surface area contributed by atoms with E-state index in [2.05, 4.69) is 27.0 Å². The standard InChI is InChI=1S/C13H19BrN2/c14-12-4-2-1-3-10(8-12)7-11-5-6-16-13(15)9-11/h5-6,9-10,12H,1-4,7-8H2,(H2,15,16). The lowest BCUT2D eigenvalue weighted by Gasteiger charge is -2.16. The topological polar surface area (TPSA) is 38.9 Å². The summed E-state index contributed by atoms with van der Waals surface area (Å²) in [5.41, 5.74) is 7.03. The van der Waals surface area contributed by atoms with Crippen molar-refractivity contribution in [3.8, 4) is 0 Å². The molecular formula is C13H19BrN2. The quantitative estimate of drug-likeness (QED) is 0.666. The molecule has 0 aliphatic heterocycles. The lowest BCUT2D eigenvalue weighted by Crippen LogP contribution is -2.08. The van der Waals surface area contributed by atoms with Gasteiger partial charge in [0.05, 0.1) is 0 Å². The molecule has 88 valence electrons. The summed E-state index contributed by atoms with van der Waals surface area (Å²) in [7, 11) is 0. The van der Waals surface area contributed by atoms with Crippen molar-refractivity contribution in [1.82, 2.24) is 4.98 Å². The van der Waals surface area contributed by atoms with E-state index in [0.29, 0.717) is 10.6 Å². The van der Waals surface area contributed by atoms with Crippen molar-refractivity contribution >= 4 is 21.7 Å². The molecule has 0 aromatic carbocycles. The molecule has 0 saturated heterocycles. The molecule has 1 heterocycles. The zero-order valence-electron chi connectivity index (χ0n) is 9.53. The van der Waals surface area contributed by atoms with E-state index in [0.717, 1.165) is 12.3 Å². The summed E-state index contributed by atoms with van der Waals surface area (Å²) >= 11 is 3.77. The normalized spacial score (nSPS) is 26.3. The minimum absolute atomic E-state index is 0.640. The Labute approximate surface area is 106 Å². The predicted molar refractivity (Wildman–Crippen MR) is 71.6 cm³/mol. The van der Waals surface area contributed by atoms with Crippen molar-refractivity contribution in [2.24, 2.45) is 5.92 Å². The van der Waals surface area contributed by atoms with Crippen LogP contribution in [-0.4, -0.2) is 9.81 Å². The second-order valence-electron chi connectivity index (χ2n) is 4.78. The SMILES string of the molecule is Nc1cc(CC2CCCCC(Br)C2)ccn1. The third-order valence-electron chi connectivity index (χ3n) is 3.34. The van der Waals surface area contributed by atoms with Gasteiger partial charge < -0.3 is 5.73 Å². The first-order valence-electron chi connectivity index (χ1n) is 6.08. The summed E-state index contributed by atoms with van der Waals surface area (Å²) in [6.45, 7) is 0. The summed E-state index contributed by atoms with van der Waals surface area (Å²) in [5, 5.41) is 0. The van der Waals surface area contributed by atoms with Crippen LogP contribution in [-0.2, 0) is 6.42 Å². The molecule has 0 amide bonds. The summed E-state index contributed by atoms with van der Waals surface area (Å²) in [4.78, 5) is 4.74. The molecule has 2 unspecified atom stereocenters. The number of hydrogen-bond acceptors (Lipinski definition) is 2. The minimum Gasteiger partial charge on any atom is -0.384 e. The number of rotatable bonds is 2. The van der Waals surface area contributed by atoms with Crippen LogP contribution in [0.15, 0.2) is 18.3 Å². The monoisotopic (exact) mass is 282 g/mol. The summed E-state index contributed by atoms with van der Waals surface area (Å²) in [6.07, 6.45) is 9.67. The molecule has 2 nitrogen and oxygen atoms in total. The van der Waals surface area contributed by atoms with Gasteiger partial charge in [0, 0.05) is 11.0 Å². The van der Waals surface area contributed by atoms with E-state index in [4.69, 9.17) is 5.73 Å². The second kappa shape index (κ2) is 5.67. The summed E-state index contributed by atoms with van der Waals surface area (Å²) in [5.74, 6) is 1.44. The zero-order valence-corrected chi connectivity index (χ0v) is 11.1. The van der Waals surface area contributed by atoms with Gasteiger partial charge >= 0.3 is 0 Å². The van der Waals surface area contributed by atoms with Crippen molar-refractivity contribution in [2.75, 3.05) is 5.73 Å². The van der Waals surface area contributed by atoms with Crippen LogP contribution in [0.3, 0.4) is 0 Å². The fourth-order valence-electron chi connectivity index (χ4n) is 2.54. The van der Waals surface area contributed by atoms with Crippen LogP contribution in [0.1, 0.15) is 37.7 Å². The first kappa shape index (κ1) is 11.9. The van der Waals surface area contributed by atoms with Crippen molar-refractivity contribution in [1.29, 1.82) is 0 Å². The Morgan fingerprint density at radius 3 is 3.00 bits per heavy atom. The van der Waals surface area contributed by atoms with E-state index in [1.165, 1.54) is 37.7 Å². The van der Waals surface area contributed by atoms with Gasteiger partial charge in [0.2, 0.25) is 0 Å². The number of pyridine rings is 1. The highest BCUT2D eigenvalue weighted by atomic mass is 79.9. The van der Waals surface area contributed by atoms with E-state index in [-0.39, 0.29) is 0 Å². The largest absolute Gasteiger partial charge is 0.384 e. The van der Waals surface area contributed by atoms with Crippen LogP contribution in [0.4, 0.5) is 5.82 Å². The summed E-state index contributed by atoms with van der Waals surface area (Å²) in [6, 6.07) is 4.10. The molecule has 1 aromatic heterocycles. The minimum atomic E-state index is 0.640. The van der Waals surface area contributed by atoms with Gasteiger partial charge in [-0.1, -0.05) is 35.2 Å². The number of hydrogen-bond donors (Lipinski definition) is 1. The molecule has 3 heteroatoms. The Bertz CT molecular complexity index is 340. The third kappa shape index (κ3) is 3.48. The number of aromatic nitrogens is 1. The van der Waals surface area contributed by atoms with Crippen LogP contribution < -0.4 is 5.73 Å². The zero-order chi connectivity index (χ0) is 11.4. The molecule has 0 spiro atoms. The molecule has 0 radical (unpaired) electrons. The average molecular weight is 283 g/mol. The van der Waals surface area contributed by atoms with Gasteiger partial charge in [-0.25, -0.2) is 4.98 Å². The Balaban J connectivity index is 1.97.